The van der Waals surface area contributed by atoms with Crippen LogP contribution in [0.1, 0.15) is 0 Å². The second kappa shape index (κ2) is 4.32. The van der Waals surface area contributed by atoms with E-state index in [2.05, 4.69) is 9.97 Å². The first-order valence-corrected chi connectivity index (χ1v) is 6.57. The Hall–Kier alpha value is -2.39. The Labute approximate surface area is 119 Å². The van der Waals surface area contributed by atoms with Gasteiger partial charge in [-0.1, -0.05) is 35.9 Å². The molecule has 2 heterocycles. The normalized spacial score (nSPS) is 11.2. The summed E-state index contributed by atoms with van der Waals surface area (Å²) in [7, 11) is 0. The van der Waals surface area contributed by atoms with E-state index in [1.807, 2.05) is 42.6 Å². The minimum Gasteiger partial charge on any atom is -0.443 e. The maximum absolute atomic E-state index is 6.24. The molecular formula is C16H9ClN2O. The first-order valence-electron chi connectivity index (χ1n) is 6.19. The van der Waals surface area contributed by atoms with Crippen LogP contribution < -0.4 is 0 Å². The van der Waals surface area contributed by atoms with E-state index >= 15 is 0 Å². The lowest BCUT2D eigenvalue weighted by Crippen LogP contribution is -1.86. The minimum atomic E-state index is 0.698. The monoisotopic (exact) mass is 280 g/mol. The Morgan fingerprint density at radius 2 is 1.80 bits per heavy atom. The largest absolute Gasteiger partial charge is 0.443 e. The van der Waals surface area contributed by atoms with Crippen molar-refractivity contribution in [2.24, 2.45) is 0 Å². The van der Waals surface area contributed by atoms with Crippen LogP contribution in [0.2, 0.25) is 5.02 Å². The van der Waals surface area contributed by atoms with Gasteiger partial charge in [0.15, 0.2) is 12.0 Å². The molecule has 0 bridgehead atoms. The molecule has 4 rings (SSSR count). The fourth-order valence-electron chi connectivity index (χ4n) is 2.48. The molecule has 2 aromatic carbocycles. The second-order valence-corrected chi connectivity index (χ2v) is 4.93. The molecule has 3 nitrogen and oxygen atoms in total. The number of pyridine rings is 1. The Morgan fingerprint density at radius 1 is 0.900 bits per heavy atom. The number of oxazole rings is 1. The Balaban J connectivity index is 2.13. The number of fused-ring (bicyclic) bond motifs is 2. The molecule has 0 radical (unpaired) electrons. The summed E-state index contributed by atoms with van der Waals surface area (Å²) in [5.74, 6) is 0. The van der Waals surface area contributed by atoms with E-state index in [4.69, 9.17) is 16.0 Å². The van der Waals surface area contributed by atoms with Crippen LogP contribution in [0.15, 0.2) is 59.6 Å². The van der Waals surface area contributed by atoms with Gasteiger partial charge in [0.05, 0.1) is 0 Å². The van der Waals surface area contributed by atoms with Crippen LogP contribution >= 0.6 is 11.6 Å². The van der Waals surface area contributed by atoms with Gasteiger partial charge in [0.1, 0.15) is 5.52 Å². The maximum Gasteiger partial charge on any atom is 0.182 e. The van der Waals surface area contributed by atoms with Gasteiger partial charge in [0, 0.05) is 33.9 Å². The second-order valence-electron chi connectivity index (χ2n) is 4.53. The molecule has 96 valence electrons. The van der Waals surface area contributed by atoms with E-state index in [1.165, 1.54) is 6.39 Å². The van der Waals surface area contributed by atoms with E-state index in [0.717, 1.165) is 33.0 Å². The summed E-state index contributed by atoms with van der Waals surface area (Å²) in [5, 5.41) is 2.69. The average molecular weight is 281 g/mol. The molecule has 2 aromatic heterocycles. The molecule has 0 saturated carbocycles. The smallest absolute Gasteiger partial charge is 0.182 e. The number of halogens is 1. The van der Waals surface area contributed by atoms with E-state index in [9.17, 15) is 0 Å². The van der Waals surface area contributed by atoms with Crippen molar-refractivity contribution in [1.82, 2.24) is 9.97 Å². The highest BCUT2D eigenvalue weighted by Gasteiger charge is 2.11. The van der Waals surface area contributed by atoms with E-state index in [1.54, 1.807) is 6.20 Å². The van der Waals surface area contributed by atoms with Crippen LogP contribution in [0.25, 0.3) is 33.0 Å². The molecule has 0 N–H and O–H groups in total. The van der Waals surface area contributed by atoms with Crippen molar-refractivity contribution in [1.29, 1.82) is 0 Å². The summed E-state index contributed by atoms with van der Waals surface area (Å²) in [6, 6.07) is 11.7. The van der Waals surface area contributed by atoms with Crippen molar-refractivity contribution in [3.8, 4) is 11.1 Å². The van der Waals surface area contributed by atoms with Gasteiger partial charge in [-0.15, -0.1) is 0 Å². The number of nitrogens with zero attached hydrogens (tertiary/aromatic N) is 2. The Kier molecular flexibility index (Phi) is 2.47. The fourth-order valence-corrected chi connectivity index (χ4v) is 2.70. The third kappa shape index (κ3) is 1.60. The van der Waals surface area contributed by atoms with Crippen molar-refractivity contribution in [2.75, 3.05) is 0 Å². The molecule has 0 unspecified atom stereocenters. The molecule has 0 aliphatic carbocycles. The predicted octanol–water partition coefficient (Wildman–Crippen LogP) is 4.70. The zero-order valence-electron chi connectivity index (χ0n) is 10.4. The van der Waals surface area contributed by atoms with Crippen LogP contribution in [0.5, 0.6) is 0 Å². The van der Waals surface area contributed by atoms with Gasteiger partial charge in [-0.25, -0.2) is 4.98 Å². The minimum absolute atomic E-state index is 0.698. The zero-order chi connectivity index (χ0) is 13.5. The molecule has 0 atom stereocenters. The quantitative estimate of drug-likeness (QED) is 0.507. The molecule has 0 saturated heterocycles. The van der Waals surface area contributed by atoms with Gasteiger partial charge in [-0.3, -0.25) is 4.98 Å². The van der Waals surface area contributed by atoms with Gasteiger partial charge in [0.2, 0.25) is 0 Å². The lowest BCUT2D eigenvalue weighted by atomic mass is 10.00. The number of hydrogen-bond acceptors (Lipinski definition) is 3. The van der Waals surface area contributed by atoms with E-state index in [0.29, 0.717) is 5.02 Å². The van der Waals surface area contributed by atoms with Gasteiger partial charge in [-0.2, -0.15) is 0 Å². The number of benzene rings is 2. The Bertz CT molecular complexity index is 930. The van der Waals surface area contributed by atoms with Crippen LogP contribution in [-0.2, 0) is 0 Å². The summed E-state index contributed by atoms with van der Waals surface area (Å²) in [6.07, 6.45) is 5.08. The molecule has 0 amide bonds. The topological polar surface area (TPSA) is 38.9 Å². The van der Waals surface area contributed by atoms with Crippen molar-refractivity contribution < 1.29 is 4.42 Å². The van der Waals surface area contributed by atoms with Gasteiger partial charge >= 0.3 is 0 Å². The Morgan fingerprint density at radius 3 is 2.75 bits per heavy atom. The SMILES string of the molecule is Clc1cccc2c(-c3cccc4ocnc34)cncc12. The standard InChI is InChI=1S/C16H9ClN2O/c17-14-5-1-3-10-12(7-18-8-13(10)14)11-4-2-6-15-16(11)19-9-20-15/h1-9H. The third-order valence-corrected chi connectivity index (χ3v) is 3.73. The van der Waals surface area contributed by atoms with Crippen LogP contribution in [0.3, 0.4) is 0 Å². The first-order chi connectivity index (χ1) is 9.84. The number of hydrogen-bond donors (Lipinski definition) is 0. The summed E-state index contributed by atoms with van der Waals surface area (Å²) < 4.78 is 5.36. The molecule has 0 aliphatic rings. The molecule has 0 fully saturated rings. The van der Waals surface area contributed by atoms with Crippen LogP contribution in [0.4, 0.5) is 0 Å². The molecule has 0 spiro atoms. The highest BCUT2D eigenvalue weighted by Crippen LogP contribution is 2.34. The van der Waals surface area contributed by atoms with Gasteiger partial charge in [0.25, 0.3) is 0 Å². The van der Waals surface area contributed by atoms with E-state index < -0.39 is 0 Å². The summed E-state index contributed by atoms with van der Waals surface area (Å²) in [5.41, 5.74) is 3.60. The maximum atomic E-state index is 6.24. The van der Waals surface area contributed by atoms with Crippen molar-refractivity contribution in [2.45, 2.75) is 0 Å². The lowest BCUT2D eigenvalue weighted by molar-refractivity contribution is 0.602. The summed E-state index contributed by atoms with van der Waals surface area (Å²) in [4.78, 5) is 8.60. The lowest BCUT2D eigenvalue weighted by Gasteiger charge is -2.07. The average Bonchev–Trinajstić information content (AvgIpc) is 2.96. The van der Waals surface area contributed by atoms with Gasteiger partial charge in [-0.05, 0) is 17.5 Å². The van der Waals surface area contributed by atoms with Gasteiger partial charge < -0.3 is 4.42 Å². The van der Waals surface area contributed by atoms with Crippen molar-refractivity contribution in [3.05, 3.63) is 60.2 Å². The van der Waals surface area contributed by atoms with Crippen molar-refractivity contribution in [3.63, 3.8) is 0 Å². The van der Waals surface area contributed by atoms with E-state index in [-0.39, 0.29) is 0 Å². The molecule has 20 heavy (non-hydrogen) atoms. The molecule has 4 heteroatoms. The number of rotatable bonds is 1. The molecule has 4 aromatic rings. The highest BCUT2D eigenvalue weighted by atomic mass is 35.5. The molecule has 0 aliphatic heterocycles. The van der Waals surface area contributed by atoms with Crippen LogP contribution in [-0.4, -0.2) is 9.97 Å². The number of aromatic nitrogens is 2. The van der Waals surface area contributed by atoms with Crippen molar-refractivity contribution >= 4 is 33.5 Å². The predicted molar refractivity (Wildman–Crippen MR) is 79.8 cm³/mol. The summed E-state index contributed by atoms with van der Waals surface area (Å²) in [6.45, 7) is 0. The first kappa shape index (κ1) is 11.4. The fraction of sp³-hybridized carbons (Fsp3) is 0. The molecular weight excluding hydrogens is 272 g/mol. The van der Waals surface area contributed by atoms with Crippen LogP contribution in [0, 0.1) is 0 Å². The summed E-state index contributed by atoms with van der Waals surface area (Å²) >= 11 is 6.24. The number of para-hydroxylation sites is 1. The third-order valence-electron chi connectivity index (χ3n) is 3.40. The highest BCUT2D eigenvalue weighted by molar-refractivity contribution is 6.35. The zero-order valence-corrected chi connectivity index (χ0v) is 11.1.